The third kappa shape index (κ3) is 4.52. The van der Waals surface area contributed by atoms with E-state index < -0.39 is 17.7 Å². The molecule has 0 aromatic heterocycles. The van der Waals surface area contributed by atoms with Crippen molar-refractivity contribution < 1.29 is 15.0 Å². The Morgan fingerprint density at radius 1 is 1.41 bits per heavy atom. The van der Waals surface area contributed by atoms with Crippen LogP contribution in [0.4, 0.5) is 0 Å². The fourth-order valence-electron chi connectivity index (χ4n) is 1.48. The van der Waals surface area contributed by atoms with Crippen LogP contribution in [0.1, 0.15) is 12.5 Å². The number of carbonyl (C=O) groups excluding carboxylic acids is 1. The van der Waals surface area contributed by atoms with Crippen LogP contribution in [0.2, 0.25) is 0 Å². The molecule has 17 heavy (non-hydrogen) atoms. The van der Waals surface area contributed by atoms with E-state index in [2.05, 4.69) is 5.32 Å². The maximum absolute atomic E-state index is 11.2. The molecule has 0 heterocycles. The predicted molar refractivity (Wildman–Crippen MR) is 64.0 cm³/mol. The first kappa shape index (κ1) is 13.6. The Kier molecular flexibility index (Phi) is 4.62. The van der Waals surface area contributed by atoms with Gasteiger partial charge >= 0.3 is 0 Å². The van der Waals surface area contributed by atoms with Crippen molar-refractivity contribution in [1.82, 2.24) is 5.32 Å². The molecule has 0 aliphatic rings. The van der Waals surface area contributed by atoms with Crippen molar-refractivity contribution in [3.05, 3.63) is 35.9 Å². The van der Waals surface area contributed by atoms with Crippen molar-refractivity contribution >= 4 is 5.91 Å². The fraction of sp³-hybridized carbons (Fsp3) is 0.417. The van der Waals surface area contributed by atoms with Crippen LogP contribution in [0.3, 0.4) is 0 Å². The quantitative estimate of drug-likeness (QED) is 0.514. The molecule has 0 bridgehead atoms. The monoisotopic (exact) mass is 238 g/mol. The van der Waals surface area contributed by atoms with Crippen molar-refractivity contribution in [2.24, 2.45) is 5.73 Å². The largest absolute Gasteiger partial charge is 0.364 e. The predicted octanol–water partition coefficient (Wildman–Crippen LogP) is -0.627. The van der Waals surface area contributed by atoms with Gasteiger partial charge in [0.05, 0.1) is 12.6 Å². The highest BCUT2D eigenvalue weighted by atomic mass is 16.5. The zero-order valence-electron chi connectivity index (χ0n) is 9.76. The van der Waals surface area contributed by atoms with E-state index >= 15 is 0 Å². The number of benzene rings is 1. The Morgan fingerprint density at radius 3 is 2.47 bits per heavy atom. The molecule has 0 saturated heterocycles. The summed E-state index contributed by atoms with van der Waals surface area (Å²) in [7, 11) is 0. The molecule has 1 amide bonds. The van der Waals surface area contributed by atoms with Crippen molar-refractivity contribution in [3.8, 4) is 0 Å². The van der Waals surface area contributed by atoms with Crippen molar-refractivity contribution in [3.63, 3.8) is 0 Å². The van der Waals surface area contributed by atoms with Gasteiger partial charge in [0.1, 0.15) is 0 Å². The summed E-state index contributed by atoms with van der Waals surface area (Å²) in [6, 6.07) is 8.49. The average molecular weight is 238 g/mol. The van der Waals surface area contributed by atoms with E-state index in [0.717, 1.165) is 5.56 Å². The van der Waals surface area contributed by atoms with Gasteiger partial charge in [0, 0.05) is 0 Å². The highest BCUT2D eigenvalue weighted by Gasteiger charge is 2.30. The summed E-state index contributed by atoms with van der Waals surface area (Å²) in [5.74, 6) is -2.40. The molecule has 1 aromatic rings. The first-order valence-electron chi connectivity index (χ1n) is 5.41. The van der Waals surface area contributed by atoms with Gasteiger partial charge in [-0.2, -0.15) is 0 Å². The van der Waals surface area contributed by atoms with E-state index in [1.807, 2.05) is 30.3 Å². The van der Waals surface area contributed by atoms with E-state index in [1.54, 1.807) is 0 Å². The molecule has 94 valence electrons. The summed E-state index contributed by atoms with van der Waals surface area (Å²) in [6.07, 6.45) is 0.329. The second kappa shape index (κ2) is 5.77. The average Bonchev–Trinajstić information content (AvgIpc) is 2.28. The molecule has 5 nitrogen and oxygen atoms in total. The molecule has 0 aliphatic heterocycles. The lowest BCUT2D eigenvalue weighted by molar-refractivity contribution is -0.171. The second-order valence-corrected chi connectivity index (χ2v) is 4.11. The second-order valence-electron chi connectivity index (χ2n) is 4.11. The first-order chi connectivity index (χ1) is 7.93. The normalized spacial score (nSPS) is 13.2. The standard InChI is InChI=1S/C12H18N2O3/c1-12(16,17)10(14-11(15)8-13)7-9-5-3-2-4-6-9/h2-6,10,16-17H,7-8,13H2,1H3,(H,14,15)/t10-/m0/s1. The molecular formula is C12H18N2O3. The Labute approximate surface area is 100 Å². The molecule has 0 saturated carbocycles. The highest BCUT2D eigenvalue weighted by Crippen LogP contribution is 2.12. The van der Waals surface area contributed by atoms with Crippen LogP contribution >= 0.6 is 0 Å². The summed E-state index contributed by atoms with van der Waals surface area (Å²) in [5.41, 5.74) is 6.09. The molecule has 0 spiro atoms. The Morgan fingerprint density at radius 2 is 2.00 bits per heavy atom. The number of hydrogen-bond donors (Lipinski definition) is 4. The van der Waals surface area contributed by atoms with Gasteiger partial charge in [0.2, 0.25) is 5.91 Å². The summed E-state index contributed by atoms with van der Waals surface area (Å²) in [5, 5.41) is 21.7. The first-order valence-corrected chi connectivity index (χ1v) is 5.41. The Bertz CT molecular complexity index is 360. The molecule has 1 atom stereocenters. The molecule has 5 N–H and O–H groups in total. The van der Waals surface area contributed by atoms with Gasteiger partial charge in [0.25, 0.3) is 0 Å². The number of amides is 1. The lowest BCUT2D eigenvalue weighted by atomic mass is 9.99. The van der Waals surface area contributed by atoms with Crippen molar-refractivity contribution in [2.45, 2.75) is 25.2 Å². The van der Waals surface area contributed by atoms with Gasteiger partial charge in [-0.15, -0.1) is 0 Å². The van der Waals surface area contributed by atoms with Crippen molar-refractivity contribution in [1.29, 1.82) is 0 Å². The van der Waals surface area contributed by atoms with Gasteiger partial charge in [-0.25, -0.2) is 0 Å². The zero-order chi connectivity index (χ0) is 12.9. The zero-order valence-corrected chi connectivity index (χ0v) is 9.76. The lowest BCUT2D eigenvalue weighted by Crippen LogP contribution is -2.53. The number of rotatable bonds is 5. The van der Waals surface area contributed by atoms with E-state index in [9.17, 15) is 15.0 Å². The van der Waals surface area contributed by atoms with E-state index in [-0.39, 0.29) is 6.54 Å². The van der Waals surface area contributed by atoms with Crippen LogP contribution in [0.5, 0.6) is 0 Å². The third-order valence-electron chi connectivity index (χ3n) is 2.46. The van der Waals surface area contributed by atoms with Crippen LogP contribution in [-0.2, 0) is 11.2 Å². The minimum Gasteiger partial charge on any atom is -0.364 e. The molecule has 1 rings (SSSR count). The van der Waals surface area contributed by atoms with Gasteiger partial charge in [-0.3, -0.25) is 4.79 Å². The number of hydrogen-bond acceptors (Lipinski definition) is 4. The molecular weight excluding hydrogens is 220 g/mol. The molecule has 0 unspecified atom stereocenters. The van der Waals surface area contributed by atoms with Gasteiger partial charge in [-0.1, -0.05) is 30.3 Å². The number of aliphatic hydroxyl groups is 2. The number of carbonyl (C=O) groups is 1. The maximum Gasteiger partial charge on any atom is 0.234 e. The smallest absolute Gasteiger partial charge is 0.234 e. The van der Waals surface area contributed by atoms with Crippen LogP contribution in [0, 0.1) is 0 Å². The van der Waals surface area contributed by atoms with Crippen molar-refractivity contribution in [2.75, 3.05) is 6.54 Å². The van der Waals surface area contributed by atoms with Crippen LogP contribution in [0.25, 0.3) is 0 Å². The van der Waals surface area contributed by atoms with Crippen LogP contribution < -0.4 is 11.1 Å². The number of nitrogens with one attached hydrogen (secondary N) is 1. The summed E-state index contributed by atoms with van der Waals surface area (Å²) >= 11 is 0. The summed E-state index contributed by atoms with van der Waals surface area (Å²) in [6.45, 7) is 1.05. The third-order valence-corrected chi connectivity index (χ3v) is 2.46. The van der Waals surface area contributed by atoms with Gasteiger partial charge in [0.15, 0.2) is 5.79 Å². The van der Waals surface area contributed by atoms with Gasteiger partial charge < -0.3 is 21.3 Å². The summed E-state index contributed by atoms with van der Waals surface area (Å²) < 4.78 is 0. The Hall–Kier alpha value is -1.43. The minimum atomic E-state index is -1.99. The molecule has 5 heteroatoms. The van der Waals surface area contributed by atoms with Crippen LogP contribution in [-0.4, -0.2) is 34.5 Å². The van der Waals surface area contributed by atoms with Gasteiger partial charge in [-0.05, 0) is 18.9 Å². The molecule has 1 aromatic carbocycles. The van der Waals surface area contributed by atoms with E-state index in [0.29, 0.717) is 6.42 Å². The topological polar surface area (TPSA) is 95.6 Å². The highest BCUT2D eigenvalue weighted by molar-refractivity contribution is 5.78. The Balaban J connectivity index is 2.75. The molecule has 0 radical (unpaired) electrons. The maximum atomic E-state index is 11.2. The molecule has 0 aliphatic carbocycles. The number of nitrogens with two attached hydrogens (primary N) is 1. The lowest BCUT2D eigenvalue weighted by Gasteiger charge is -2.28. The fourth-order valence-corrected chi connectivity index (χ4v) is 1.48. The van der Waals surface area contributed by atoms with E-state index in [1.165, 1.54) is 6.92 Å². The minimum absolute atomic E-state index is 0.179. The molecule has 0 fully saturated rings. The summed E-state index contributed by atoms with van der Waals surface area (Å²) in [4.78, 5) is 11.2. The van der Waals surface area contributed by atoms with E-state index in [4.69, 9.17) is 5.73 Å². The van der Waals surface area contributed by atoms with Crippen LogP contribution in [0.15, 0.2) is 30.3 Å². The SMILES string of the molecule is CC(O)(O)[C@H](Cc1ccccc1)NC(=O)CN.